The molecule has 0 bridgehead atoms. The van der Waals surface area contributed by atoms with Crippen molar-refractivity contribution in [2.24, 2.45) is 0 Å². The summed E-state index contributed by atoms with van der Waals surface area (Å²) >= 11 is 0. The van der Waals surface area contributed by atoms with Crippen molar-refractivity contribution in [2.75, 3.05) is 6.61 Å². The number of rotatable bonds is 12. The molecule has 2 aliphatic rings. The van der Waals surface area contributed by atoms with E-state index in [1.54, 1.807) is 13.0 Å². The quantitative estimate of drug-likeness (QED) is 0.202. The second-order valence-corrected chi connectivity index (χ2v) is 10.5. The van der Waals surface area contributed by atoms with Gasteiger partial charge in [0, 0.05) is 0 Å². The third-order valence-corrected chi connectivity index (χ3v) is 6.97. The van der Waals surface area contributed by atoms with Gasteiger partial charge in [0.15, 0.2) is 12.6 Å². The molecule has 10 nitrogen and oxygen atoms in total. The van der Waals surface area contributed by atoms with E-state index in [1.165, 1.54) is 18.1 Å². The van der Waals surface area contributed by atoms with Crippen molar-refractivity contribution in [1.82, 2.24) is 0 Å². The van der Waals surface area contributed by atoms with Crippen molar-refractivity contribution < 1.29 is 49.6 Å². The van der Waals surface area contributed by atoms with Gasteiger partial charge in [0.2, 0.25) is 0 Å². The summed E-state index contributed by atoms with van der Waals surface area (Å²) in [5.74, 6) is 0. The van der Waals surface area contributed by atoms with Crippen LogP contribution < -0.4 is 0 Å². The van der Waals surface area contributed by atoms with Crippen LogP contribution in [0.2, 0.25) is 0 Å². The van der Waals surface area contributed by atoms with E-state index >= 15 is 0 Å². The van der Waals surface area contributed by atoms with Crippen LogP contribution in [0.15, 0.2) is 36.0 Å². The van der Waals surface area contributed by atoms with E-state index in [0.717, 1.165) is 12.8 Å². The number of allylic oxidation sites excluding steroid dienone is 4. The van der Waals surface area contributed by atoms with Gasteiger partial charge in [-0.15, -0.1) is 6.58 Å². The fourth-order valence-electron chi connectivity index (χ4n) is 4.35. The highest BCUT2D eigenvalue weighted by atomic mass is 16.8. The molecule has 2 aliphatic heterocycles. The molecule has 10 heteroatoms. The lowest BCUT2D eigenvalue weighted by atomic mass is 9.95. The summed E-state index contributed by atoms with van der Waals surface area (Å²) in [6.07, 6.45) is -4.62. The largest absolute Gasteiger partial charge is 0.394 e. The Hall–Kier alpha value is -1.18. The van der Waals surface area contributed by atoms with E-state index in [-0.39, 0.29) is 0 Å². The molecule has 0 amide bonds. The minimum Gasteiger partial charge on any atom is -0.394 e. The normalized spacial score (nSPS) is 38.6. The molecule has 0 spiro atoms. The molecule has 11 atom stereocenters. The molecule has 214 valence electrons. The standard InChI is InChI=1S/C27H46O10/c1-7-27(6,13-9-12-16(4)11-8-10-15(2)3)37-26-24(22(32)20(30)18(14-28)35-26)36-25-23(33)21(31)19(29)17(5)34-25/h7,10,12,17-26,28-33H,1,8-9,11,13-14H2,2-6H3/b16-12+/t17-,18+,19-,20+,21+,22-,23+,24+,25-,26-,27?/m0/s1. The summed E-state index contributed by atoms with van der Waals surface area (Å²) in [5, 5.41) is 61.4. The highest BCUT2D eigenvalue weighted by Gasteiger charge is 2.51. The van der Waals surface area contributed by atoms with Gasteiger partial charge in [-0.25, -0.2) is 0 Å². The molecule has 0 saturated carbocycles. The van der Waals surface area contributed by atoms with Crippen LogP contribution in [0, 0.1) is 0 Å². The lowest BCUT2D eigenvalue weighted by Crippen LogP contribution is -2.64. The highest BCUT2D eigenvalue weighted by Crippen LogP contribution is 2.33. The van der Waals surface area contributed by atoms with Crippen LogP contribution in [0.5, 0.6) is 0 Å². The van der Waals surface area contributed by atoms with Gasteiger partial charge in [0.25, 0.3) is 0 Å². The van der Waals surface area contributed by atoms with E-state index < -0.39 is 73.6 Å². The van der Waals surface area contributed by atoms with Crippen molar-refractivity contribution in [2.45, 2.75) is 127 Å². The van der Waals surface area contributed by atoms with Gasteiger partial charge in [-0.1, -0.05) is 29.4 Å². The minimum atomic E-state index is -1.63. The lowest BCUT2D eigenvalue weighted by molar-refractivity contribution is -0.373. The first-order valence-corrected chi connectivity index (χ1v) is 12.9. The Morgan fingerprint density at radius 3 is 2.16 bits per heavy atom. The fraction of sp³-hybridized carbons (Fsp3) is 0.778. The summed E-state index contributed by atoms with van der Waals surface area (Å²) in [6, 6.07) is 0. The van der Waals surface area contributed by atoms with Gasteiger partial charge < -0.3 is 49.6 Å². The average molecular weight is 531 g/mol. The maximum absolute atomic E-state index is 10.8. The summed E-state index contributed by atoms with van der Waals surface area (Å²) < 4.78 is 23.2. The Balaban J connectivity index is 2.15. The third-order valence-electron chi connectivity index (χ3n) is 6.97. The first-order valence-electron chi connectivity index (χ1n) is 12.9. The summed E-state index contributed by atoms with van der Waals surface area (Å²) in [6.45, 7) is 12.8. The van der Waals surface area contributed by atoms with Crippen molar-refractivity contribution in [3.8, 4) is 0 Å². The zero-order valence-electron chi connectivity index (χ0n) is 22.6. The molecule has 0 aromatic carbocycles. The zero-order chi connectivity index (χ0) is 27.9. The molecule has 2 fully saturated rings. The van der Waals surface area contributed by atoms with Crippen molar-refractivity contribution in [1.29, 1.82) is 0 Å². The molecule has 0 aromatic heterocycles. The van der Waals surface area contributed by atoms with Crippen LogP contribution in [0.3, 0.4) is 0 Å². The Bertz CT molecular complexity index is 781. The number of hydrogen-bond acceptors (Lipinski definition) is 10. The first kappa shape index (κ1) is 32.0. The monoisotopic (exact) mass is 530 g/mol. The van der Waals surface area contributed by atoms with Crippen molar-refractivity contribution in [3.05, 3.63) is 36.0 Å². The van der Waals surface area contributed by atoms with Gasteiger partial charge >= 0.3 is 0 Å². The maximum atomic E-state index is 10.8. The first-order chi connectivity index (χ1) is 17.3. The van der Waals surface area contributed by atoms with Crippen LogP contribution in [0.25, 0.3) is 0 Å². The number of hydrogen-bond donors (Lipinski definition) is 6. The van der Waals surface area contributed by atoms with Gasteiger partial charge in [-0.05, 0) is 60.3 Å². The SMILES string of the molecule is C=CC(C)(CC/C=C(\C)CCC=C(C)C)O[C@@H]1O[C@H](CO)[C@@H](O)[C@H](O)[C@H]1O[C@@H]1O[C@@H](C)[C@H](O)[C@@H](O)[C@H]1O. The van der Waals surface area contributed by atoms with Crippen LogP contribution >= 0.6 is 0 Å². The highest BCUT2D eigenvalue weighted by molar-refractivity contribution is 5.04. The molecule has 2 rings (SSSR count). The number of ether oxygens (including phenoxy) is 4. The predicted octanol–water partition coefficient (Wildman–Crippen LogP) is 1.07. The summed E-state index contributed by atoms with van der Waals surface area (Å²) in [4.78, 5) is 0. The third kappa shape index (κ3) is 8.66. The van der Waals surface area contributed by atoms with Crippen LogP contribution in [0.1, 0.15) is 60.3 Å². The molecule has 0 aliphatic carbocycles. The number of aliphatic hydroxyl groups excluding tert-OH is 6. The molecule has 0 radical (unpaired) electrons. The van der Waals surface area contributed by atoms with Gasteiger partial charge in [-0.3, -0.25) is 0 Å². The minimum absolute atomic E-state index is 0.524. The Morgan fingerprint density at radius 1 is 0.892 bits per heavy atom. The van der Waals surface area contributed by atoms with Crippen molar-refractivity contribution in [3.63, 3.8) is 0 Å². The number of aliphatic hydroxyl groups is 6. The van der Waals surface area contributed by atoms with Crippen LogP contribution in [-0.2, 0) is 18.9 Å². The molecular formula is C27H46O10. The van der Waals surface area contributed by atoms with Gasteiger partial charge in [-0.2, -0.15) is 0 Å². The lowest BCUT2D eigenvalue weighted by Gasteiger charge is -2.47. The fourth-order valence-corrected chi connectivity index (χ4v) is 4.35. The second kappa shape index (κ2) is 14.3. The summed E-state index contributed by atoms with van der Waals surface area (Å²) in [5.41, 5.74) is 1.60. The smallest absolute Gasteiger partial charge is 0.188 e. The van der Waals surface area contributed by atoms with Crippen LogP contribution in [-0.4, -0.2) is 104 Å². The second-order valence-electron chi connectivity index (χ2n) is 10.5. The molecule has 6 N–H and O–H groups in total. The molecule has 2 heterocycles. The van der Waals surface area contributed by atoms with E-state index in [1.807, 2.05) is 0 Å². The van der Waals surface area contributed by atoms with Crippen molar-refractivity contribution >= 4 is 0 Å². The molecule has 2 saturated heterocycles. The van der Waals surface area contributed by atoms with Gasteiger partial charge in [0.1, 0.15) is 42.7 Å². The summed E-state index contributed by atoms with van der Waals surface area (Å²) in [7, 11) is 0. The topological polar surface area (TPSA) is 158 Å². The molecule has 1 unspecified atom stereocenters. The Labute approximate surface area is 219 Å². The van der Waals surface area contributed by atoms with E-state index in [2.05, 4.69) is 39.5 Å². The van der Waals surface area contributed by atoms with Crippen LogP contribution in [0.4, 0.5) is 0 Å². The van der Waals surface area contributed by atoms with E-state index in [9.17, 15) is 30.6 Å². The molecular weight excluding hydrogens is 484 g/mol. The Morgan fingerprint density at radius 2 is 1.57 bits per heavy atom. The molecule has 37 heavy (non-hydrogen) atoms. The Kier molecular flexibility index (Phi) is 12.4. The zero-order valence-corrected chi connectivity index (χ0v) is 22.6. The van der Waals surface area contributed by atoms with Gasteiger partial charge in [0.05, 0.1) is 18.3 Å². The van der Waals surface area contributed by atoms with E-state index in [4.69, 9.17) is 18.9 Å². The molecule has 0 aromatic rings. The van der Waals surface area contributed by atoms with E-state index in [0.29, 0.717) is 12.8 Å². The predicted molar refractivity (Wildman–Crippen MR) is 136 cm³/mol. The maximum Gasteiger partial charge on any atom is 0.188 e. The average Bonchev–Trinajstić information content (AvgIpc) is 2.85.